The summed E-state index contributed by atoms with van der Waals surface area (Å²) >= 11 is 0. The Morgan fingerprint density at radius 3 is 1.05 bits per heavy atom. The predicted molar refractivity (Wildman–Crippen MR) is 99.3 cm³/mol. The van der Waals surface area contributed by atoms with Crippen LogP contribution in [0.1, 0.15) is 113 Å². The van der Waals surface area contributed by atoms with Crippen molar-refractivity contribution in [2.24, 2.45) is 5.92 Å². The molecule has 0 heterocycles. The molecule has 0 bridgehead atoms. The van der Waals surface area contributed by atoms with Crippen LogP contribution in [0.3, 0.4) is 0 Å². The third-order valence-corrected chi connectivity index (χ3v) is 4.59. The van der Waals surface area contributed by atoms with Crippen LogP contribution >= 0.6 is 0 Å². The average Bonchev–Trinajstić information content (AvgIpc) is 2.40. The van der Waals surface area contributed by atoms with E-state index in [2.05, 4.69) is 48.5 Å². The second kappa shape index (κ2) is 13.4. The van der Waals surface area contributed by atoms with E-state index < -0.39 is 5.60 Å². The predicted octanol–water partition coefficient (Wildman–Crippen LogP) is 6.09. The molecule has 0 atom stereocenters. The molecule has 0 aliphatic carbocycles. The molecule has 0 aromatic carbocycles. The van der Waals surface area contributed by atoms with Crippen molar-refractivity contribution in [3.05, 3.63) is 0 Å². The zero-order valence-electron chi connectivity index (χ0n) is 16.5. The fourth-order valence-corrected chi connectivity index (χ4v) is 3.34. The molecule has 0 unspecified atom stereocenters. The number of aliphatic hydroxyl groups is 2. The summed E-state index contributed by atoms with van der Waals surface area (Å²) in [6, 6.07) is 0. The summed E-state index contributed by atoms with van der Waals surface area (Å²) in [6.45, 7) is 14.9. The first kappa shape index (κ1) is 24.2. The molecule has 0 aromatic rings. The average molecular weight is 317 g/mol. The Morgan fingerprint density at radius 1 is 0.591 bits per heavy atom. The van der Waals surface area contributed by atoms with Gasteiger partial charge in [0.15, 0.2) is 0 Å². The minimum Gasteiger partial charge on any atom is -0.390 e. The highest BCUT2D eigenvalue weighted by Crippen LogP contribution is 2.27. The maximum absolute atomic E-state index is 10.1. The highest BCUT2D eigenvalue weighted by Gasteiger charge is 2.28. The van der Waals surface area contributed by atoms with Gasteiger partial charge in [0, 0.05) is 0 Å². The van der Waals surface area contributed by atoms with Gasteiger partial charge in [-0.1, -0.05) is 80.6 Å². The van der Waals surface area contributed by atoms with Gasteiger partial charge in [-0.15, -0.1) is 0 Å². The zero-order chi connectivity index (χ0) is 17.6. The van der Waals surface area contributed by atoms with Crippen LogP contribution in [0.2, 0.25) is 0 Å². The van der Waals surface area contributed by atoms with Crippen molar-refractivity contribution in [3.8, 4) is 0 Å². The van der Waals surface area contributed by atoms with Crippen molar-refractivity contribution in [3.63, 3.8) is 0 Å². The quantitative estimate of drug-likeness (QED) is 0.484. The summed E-state index contributed by atoms with van der Waals surface area (Å²) in [4.78, 5) is 0. The molecule has 0 fully saturated rings. The topological polar surface area (TPSA) is 40.5 Å². The molecule has 22 heavy (non-hydrogen) atoms. The summed E-state index contributed by atoms with van der Waals surface area (Å²) in [5, 5.41) is 20.1. The molecular formula is C20H44O2. The first-order chi connectivity index (χ1) is 10.2. The lowest BCUT2D eigenvalue weighted by Gasteiger charge is -2.31. The molecule has 0 aliphatic rings. The first-order valence-corrected chi connectivity index (χ1v) is 9.69. The van der Waals surface area contributed by atoms with Gasteiger partial charge in [-0.05, 0) is 38.0 Å². The molecule has 0 saturated carbocycles. The van der Waals surface area contributed by atoms with Gasteiger partial charge in [-0.2, -0.15) is 0 Å². The van der Waals surface area contributed by atoms with Crippen LogP contribution in [0.25, 0.3) is 0 Å². The van der Waals surface area contributed by atoms with Gasteiger partial charge in [0.2, 0.25) is 0 Å². The van der Waals surface area contributed by atoms with Crippen molar-refractivity contribution in [2.45, 2.75) is 124 Å². The normalized spacial score (nSPS) is 12.3. The Kier molecular flexibility index (Phi) is 14.7. The third-order valence-electron chi connectivity index (χ3n) is 4.59. The van der Waals surface area contributed by atoms with Crippen LogP contribution in [0.5, 0.6) is 0 Å². The van der Waals surface area contributed by atoms with E-state index in [0.717, 1.165) is 64.2 Å². The third kappa shape index (κ3) is 10.6. The number of hydrogen-bond acceptors (Lipinski definition) is 2. The maximum Gasteiger partial charge on any atom is 0.0670 e. The van der Waals surface area contributed by atoms with E-state index in [1.165, 1.54) is 0 Å². The molecule has 0 aromatic heterocycles. The van der Waals surface area contributed by atoms with E-state index in [0.29, 0.717) is 5.92 Å². The van der Waals surface area contributed by atoms with Gasteiger partial charge in [0.25, 0.3) is 0 Å². The number of hydrogen-bond donors (Lipinski definition) is 2. The molecule has 0 aliphatic heterocycles. The second-order valence-electron chi connectivity index (χ2n) is 7.23. The molecule has 0 amide bonds. The summed E-state index contributed by atoms with van der Waals surface area (Å²) in [5.41, 5.74) is -0.748. The standard InChI is InChI=1S/2C10H22O/c1-5-7-10(11,8-6-2)9(3)4;1-4-7-10(11,8-5-2)9-6-3/h9,11H,5-8H2,1-4H3;11H,4-9H2,1-3H3. The molecule has 2 heteroatoms. The molecule has 0 rings (SSSR count). The van der Waals surface area contributed by atoms with Gasteiger partial charge in [-0.25, -0.2) is 0 Å². The summed E-state index contributed by atoms with van der Waals surface area (Å²) < 4.78 is 0. The maximum atomic E-state index is 10.1. The Bertz CT molecular complexity index is 213. The van der Waals surface area contributed by atoms with Crippen LogP contribution in [-0.2, 0) is 0 Å². The Balaban J connectivity index is 0. The van der Waals surface area contributed by atoms with Crippen LogP contribution in [0.15, 0.2) is 0 Å². The molecule has 2 N–H and O–H groups in total. The van der Waals surface area contributed by atoms with E-state index in [1.54, 1.807) is 0 Å². The lowest BCUT2D eigenvalue weighted by atomic mass is 9.82. The van der Waals surface area contributed by atoms with Crippen LogP contribution in [0.4, 0.5) is 0 Å². The molecule has 0 saturated heterocycles. The largest absolute Gasteiger partial charge is 0.390 e. The van der Waals surface area contributed by atoms with Gasteiger partial charge in [0.1, 0.15) is 0 Å². The minimum absolute atomic E-state index is 0.349. The van der Waals surface area contributed by atoms with Crippen LogP contribution in [0, 0.1) is 5.92 Å². The van der Waals surface area contributed by atoms with Gasteiger partial charge in [0.05, 0.1) is 11.2 Å². The van der Waals surface area contributed by atoms with E-state index in [4.69, 9.17) is 0 Å². The lowest BCUT2D eigenvalue weighted by molar-refractivity contribution is -0.0219. The monoisotopic (exact) mass is 316 g/mol. The van der Waals surface area contributed by atoms with Crippen LogP contribution in [-0.4, -0.2) is 21.4 Å². The van der Waals surface area contributed by atoms with E-state index in [1.807, 2.05) is 0 Å². The molecular weight excluding hydrogens is 272 g/mol. The Labute approximate surface area is 140 Å². The van der Waals surface area contributed by atoms with Crippen molar-refractivity contribution in [1.29, 1.82) is 0 Å². The Hall–Kier alpha value is -0.0800. The molecule has 2 nitrogen and oxygen atoms in total. The first-order valence-electron chi connectivity index (χ1n) is 9.69. The van der Waals surface area contributed by atoms with E-state index >= 15 is 0 Å². The molecule has 0 radical (unpaired) electrons. The second-order valence-corrected chi connectivity index (χ2v) is 7.23. The summed E-state index contributed by atoms with van der Waals surface area (Å²) in [5.74, 6) is 0.391. The highest BCUT2D eigenvalue weighted by molar-refractivity contribution is 4.80. The molecule has 0 spiro atoms. The SMILES string of the molecule is CCCC(O)(CCC)C(C)C.CCCC(O)(CCC)CCC. The van der Waals surface area contributed by atoms with E-state index in [9.17, 15) is 10.2 Å². The summed E-state index contributed by atoms with van der Waals surface area (Å²) in [7, 11) is 0. The lowest BCUT2D eigenvalue weighted by Crippen LogP contribution is -2.34. The molecule has 136 valence electrons. The van der Waals surface area contributed by atoms with E-state index in [-0.39, 0.29) is 5.60 Å². The smallest absolute Gasteiger partial charge is 0.0670 e. The highest BCUT2D eigenvalue weighted by atomic mass is 16.3. The fourth-order valence-electron chi connectivity index (χ4n) is 3.34. The number of rotatable bonds is 11. The Morgan fingerprint density at radius 2 is 0.864 bits per heavy atom. The van der Waals surface area contributed by atoms with Crippen molar-refractivity contribution >= 4 is 0 Å². The fraction of sp³-hybridized carbons (Fsp3) is 1.00. The van der Waals surface area contributed by atoms with Crippen molar-refractivity contribution < 1.29 is 10.2 Å². The minimum atomic E-state index is -0.399. The van der Waals surface area contributed by atoms with Crippen molar-refractivity contribution in [2.75, 3.05) is 0 Å². The van der Waals surface area contributed by atoms with Crippen molar-refractivity contribution in [1.82, 2.24) is 0 Å². The van der Waals surface area contributed by atoms with Gasteiger partial charge in [-0.3, -0.25) is 0 Å². The van der Waals surface area contributed by atoms with Gasteiger partial charge < -0.3 is 10.2 Å². The van der Waals surface area contributed by atoms with Gasteiger partial charge >= 0.3 is 0 Å². The zero-order valence-corrected chi connectivity index (χ0v) is 16.5. The van der Waals surface area contributed by atoms with Crippen LogP contribution < -0.4 is 0 Å². The summed E-state index contributed by atoms with van der Waals surface area (Å²) in [6.07, 6.45) is 10.2.